The van der Waals surface area contributed by atoms with E-state index in [2.05, 4.69) is 25.1 Å². The molecule has 0 saturated heterocycles. The third-order valence-electron chi connectivity index (χ3n) is 4.97. The second-order valence-electron chi connectivity index (χ2n) is 7.45. The molecule has 2 atom stereocenters. The molecular weight excluding hydrogens is 384 g/mol. The van der Waals surface area contributed by atoms with E-state index in [0.29, 0.717) is 5.75 Å². The number of carboxylic acid groups (broad SMARTS) is 1. The van der Waals surface area contributed by atoms with Crippen LogP contribution in [0.4, 0.5) is 0 Å². The van der Waals surface area contributed by atoms with Crippen LogP contribution in [-0.4, -0.2) is 39.8 Å². The topological polar surface area (TPSA) is 77.8 Å². The van der Waals surface area contributed by atoms with Crippen molar-refractivity contribution in [2.75, 3.05) is 12.4 Å². The summed E-state index contributed by atoms with van der Waals surface area (Å²) in [5.74, 6) is -0.435. The Hall–Kier alpha value is -1.30. The zero-order chi connectivity index (χ0) is 21.3. The van der Waals surface area contributed by atoms with Gasteiger partial charge >= 0.3 is 5.97 Å². The smallest absolute Gasteiger partial charge is 0.304 e. The molecule has 29 heavy (non-hydrogen) atoms. The van der Waals surface area contributed by atoms with E-state index in [1.165, 1.54) is 49.4 Å². The Balaban J connectivity index is 2.51. The van der Waals surface area contributed by atoms with Crippen molar-refractivity contribution in [1.82, 2.24) is 0 Å². The second kappa shape index (κ2) is 16.5. The first-order chi connectivity index (χ1) is 14.1. The fraction of sp³-hybridized carbons (Fsp3) is 0.625. The van der Waals surface area contributed by atoms with Gasteiger partial charge in [0.05, 0.1) is 24.4 Å². The maximum Gasteiger partial charge on any atom is 0.304 e. The fourth-order valence-electron chi connectivity index (χ4n) is 3.32. The number of aliphatic hydroxyl groups excluding tert-OH is 2. The number of carboxylic acids is 1. The minimum atomic E-state index is -0.898. The van der Waals surface area contributed by atoms with Crippen LogP contribution in [0.15, 0.2) is 36.4 Å². The lowest BCUT2D eigenvalue weighted by molar-refractivity contribution is -0.136. The minimum Gasteiger partial charge on any atom is -0.481 e. The lowest BCUT2D eigenvalue weighted by atomic mass is 9.97. The number of allylic oxidation sites excluding steroid dienone is 2. The Bertz CT molecular complexity index is 588. The maximum absolute atomic E-state index is 10.8. The van der Waals surface area contributed by atoms with Crippen molar-refractivity contribution in [2.45, 2.75) is 82.5 Å². The van der Waals surface area contributed by atoms with Gasteiger partial charge in [-0.1, -0.05) is 62.6 Å². The summed E-state index contributed by atoms with van der Waals surface area (Å²) in [4.78, 5) is 10.8. The Labute approximate surface area is 180 Å². The number of hydrogen-bond acceptors (Lipinski definition) is 4. The summed E-state index contributed by atoms with van der Waals surface area (Å²) in [5, 5.41) is 28.3. The average molecular weight is 423 g/mol. The zero-order valence-corrected chi connectivity index (χ0v) is 18.6. The molecule has 0 bridgehead atoms. The summed E-state index contributed by atoms with van der Waals surface area (Å²) in [6, 6.07) is 8.00. The normalized spacial score (nSPS) is 13.6. The minimum absolute atomic E-state index is 0.0479. The fourth-order valence-corrected chi connectivity index (χ4v) is 4.58. The Kier molecular flexibility index (Phi) is 14.6. The SMILES string of the molecule is CCCCCCC=CCCCCc1ccccc1C(SCCC(=O)O)C(O)CO. The number of aryl methyl sites for hydroxylation is 1. The van der Waals surface area contributed by atoms with Crippen LogP contribution >= 0.6 is 11.8 Å². The molecule has 0 heterocycles. The molecule has 0 saturated carbocycles. The second-order valence-corrected chi connectivity index (χ2v) is 8.70. The molecular formula is C24H38O4S. The highest BCUT2D eigenvalue weighted by Crippen LogP contribution is 2.35. The lowest BCUT2D eigenvalue weighted by Crippen LogP contribution is -2.22. The molecule has 0 spiro atoms. The van der Waals surface area contributed by atoms with E-state index in [4.69, 9.17) is 5.11 Å². The molecule has 0 amide bonds. The first-order valence-corrected chi connectivity index (χ1v) is 12.0. The summed E-state index contributed by atoms with van der Waals surface area (Å²) >= 11 is 1.41. The van der Waals surface area contributed by atoms with Gasteiger partial charge in [0.15, 0.2) is 0 Å². The van der Waals surface area contributed by atoms with Gasteiger partial charge in [-0.3, -0.25) is 4.79 Å². The monoisotopic (exact) mass is 422 g/mol. The quantitative estimate of drug-likeness (QED) is 0.227. The number of unbranched alkanes of at least 4 members (excludes halogenated alkanes) is 6. The molecule has 2 unspecified atom stereocenters. The van der Waals surface area contributed by atoms with Crippen LogP contribution in [0.25, 0.3) is 0 Å². The molecule has 0 radical (unpaired) electrons. The summed E-state index contributed by atoms with van der Waals surface area (Å²) in [6.45, 7) is 1.90. The molecule has 1 rings (SSSR count). The molecule has 164 valence electrons. The van der Waals surface area contributed by atoms with Crippen LogP contribution in [0, 0.1) is 0 Å². The molecule has 0 aliphatic carbocycles. The van der Waals surface area contributed by atoms with E-state index in [1.54, 1.807) is 0 Å². The standard InChI is InChI=1S/C24H38O4S/c1-2-3-4-5-6-7-8-9-10-11-14-20-15-12-13-16-21(20)24(22(26)19-25)29-18-17-23(27)28/h7-8,12-13,15-16,22,24-26H,2-6,9-11,14,17-19H2,1H3,(H,27,28). The van der Waals surface area contributed by atoms with Crippen molar-refractivity contribution in [3.63, 3.8) is 0 Å². The highest BCUT2D eigenvalue weighted by Gasteiger charge is 2.23. The highest BCUT2D eigenvalue weighted by atomic mass is 32.2. The van der Waals surface area contributed by atoms with Crippen LogP contribution in [0.2, 0.25) is 0 Å². The van der Waals surface area contributed by atoms with E-state index in [-0.39, 0.29) is 18.3 Å². The predicted molar refractivity (Wildman–Crippen MR) is 122 cm³/mol. The summed E-state index contributed by atoms with van der Waals surface area (Å²) in [5.41, 5.74) is 2.19. The van der Waals surface area contributed by atoms with E-state index >= 15 is 0 Å². The Morgan fingerprint density at radius 2 is 1.76 bits per heavy atom. The molecule has 4 nitrogen and oxygen atoms in total. The third-order valence-corrected chi connectivity index (χ3v) is 6.34. The van der Waals surface area contributed by atoms with Crippen molar-refractivity contribution >= 4 is 17.7 Å². The van der Waals surface area contributed by atoms with Crippen LogP contribution in [0.3, 0.4) is 0 Å². The van der Waals surface area contributed by atoms with Crippen LogP contribution in [0.1, 0.15) is 81.1 Å². The van der Waals surface area contributed by atoms with E-state index in [9.17, 15) is 15.0 Å². The largest absolute Gasteiger partial charge is 0.481 e. The number of aliphatic carboxylic acids is 1. The first kappa shape index (κ1) is 25.7. The number of carbonyl (C=O) groups is 1. The molecule has 5 heteroatoms. The van der Waals surface area contributed by atoms with Gasteiger partial charge in [-0.25, -0.2) is 0 Å². The zero-order valence-electron chi connectivity index (χ0n) is 17.8. The van der Waals surface area contributed by atoms with Gasteiger partial charge in [0.2, 0.25) is 0 Å². The molecule has 0 aromatic heterocycles. The van der Waals surface area contributed by atoms with Crippen molar-refractivity contribution < 1.29 is 20.1 Å². The van der Waals surface area contributed by atoms with Gasteiger partial charge < -0.3 is 15.3 Å². The van der Waals surface area contributed by atoms with Crippen LogP contribution in [0.5, 0.6) is 0 Å². The number of benzene rings is 1. The summed E-state index contributed by atoms with van der Waals surface area (Å²) in [7, 11) is 0. The summed E-state index contributed by atoms with van der Waals surface area (Å²) in [6.07, 6.45) is 14.3. The molecule has 3 N–H and O–H groups in total. The maximum atomic E-state index is 10.8. The molecule has 1 aromatic carbocycles. The van der Waals surface area contributed by atoms with Gasteiger partial charge in [-0.15, -0.1) is 0 Å². The third kappa shape index (κ3) is 11.5. The van der Waals surface area contributed by atoms with Gasteiger partial charge in [0.25, 0.3) is 0 Å². The molecule has 1 aromatic rings. The predicted octanol–water partition coefficient (Wildman–Crippen LogP) is 5.53. The number of thioether (sulfide) groups is 1. The van der Waals surface area contributed by atoms with E-state index in [0.717, 1.165) is 31.2 Å². The lowest BCUT2D eigenvalue weighted by Gasteiger charge is -2.24. The Morgan fingerprint density at radius 3 is 2.41 bits per heavy atom. The van der Waals surface area contributed by atoms with Crippen molar-refractivity contribution in [3.05, 3.63) is 47.5 Å². The van der Waals surface area contributed by atoms with E-state index in [1.807, 2.05) is 18.2 Å². The van der Waals surface area contributed by atoms with Crippen molar-refractivity contribution in [1.29, 1.82) is 0 Å². The van der Waals surface area contributed by atoms with Gasteiger partial charge in [-0.2, -0.15) is 11.8 Å². The average Bonchev–Trinajstić information content (AvgIpc) is 2.72. The Morgan fingerprint density at radius 1 is 1.07 bits per heavy atom. The van der Waals surface area contributed by atoms with E-state index < -0.39 is 12.1 Å². The summed E-state index contributed by atoms with van der Waals surface area (Å²) < 4.78 is 0. The van der Waals surface area contributed by atoms with Crippen LogP contribution in [-0.2, 0) is 11.2 Å². The number of hydrogen-bond donors (Lipinski definition) is 3. The van der Waals surface area contributed by atoms with Crippen molar-refractivity contribution in [2.24, 2.45) is 0 Å². The first-order valence-electron chi connectivity index (χ1n) is 10.9. The molecule has 0 aliphatic heterocycles. The van der Waals surface area contributed by atoms with Gasteiger partial charge in [-0.05, 0) is 49.7 Å². The van der Waals surface area contributed by atoms with Gasteiger partial charge in [0.1, 0.15) is 0 Å². The van der Waals surface area contributed by atoms with Gasteiger partial charge in [0, 0.05) is 5.75 Å². The molecule has 0 fully saturated rings. The molecule has 0 aliphatic rings. The highest BCUT2D eigenvalue weighted by molar-refractivity contribution is 7.99. The number of rotatable bonds is 17. The van der Waals surface area contributed by atoms with Crippen molar-refractivity contribution in [3.8, 4) is 0 Å². The number of aliphatic hydroxyl groups is 2. The van der Waals surface area contributed by atoms with Crippen LogP contribution < -0.4 is 0 Å².